The topological polar surface area (TPSA) is 142 Å². The summed E-state index contributed by atoms with van der Waals surface area (Å²) in [6.07, 6.45) is 0.564. The molecule has 0 bridgehead atoms. The van der Waals surface area contributed by atoms with Crippen molar-refractivity contribution >= 4 is 44.3 Å². The van der Waals surface area contributed by atoms with Crippen molar-refractivity contribution in [1.82, 2.24) is 4.31 Å². The number of hydrogen-bond donors (Lipinski definition) is 1. The zero-order valence-corrected chi connectivity index (χ0v) is 19.7. The summed E-state index contributed by atoms with van der Waals surface area (Å²) in [6.45, 7) is -0.0314. The van der Waals surface area contributed by atoms with Gasteiger partial charge in [0.2, 0.25) is 10.0 Å². The molecule has 0 atom stereocenters. The smallest absolute Gasteiger partial charge is 0.348 e. The summed E-state index contributed by atoms with van der Waals surface area (Å²) < 4.78 is 41.7. The van der Waals surface area contributed by atoms with Crippen molar-refractivity contribution in [2.45, 2.75) is 24.3 Å². The number of nitrogens with two attached hydrogens (primary N) is 1. The molecule has 2 aromatic rings. The lowest BCUT2D eigenvalue weighted by molar-refractivity contribution is -0.151. The van der Waals surface area contributed by atoms with Crippen LogP contribution < -0.4 is 5.73 Å². The number of methoxy groups -OCH3 is 2. The third-order valence-corrected chi connectivity index (χ3v) is 8.28. The maximum atomic E-state index is 12.7. The van der Waals surface area contributed by atoms with Crippen molar-refractivity contribution in [3.63, 3.8) is 0 Å². The summed E-state index contributed by atoms with van der Waals surface area (Å²) in [5.74, 6) is -2.55. The van der Waals surface area contributed by atoms with Gasteiger partial charge in [-0.05, 0) is 25.0 Å². The Balaban J connectivity index is 1.67. The molecule has 1 fully saturated rings. The first kappa shape index (κ1) is 24.7. The average Bonchev–Trinajstić information content (AvgIpc) is 3.18. The number of nitrogens with zero attached hydrogens (tertiary/aromatic N) is 1. The molecule has 2 N–H and O–H groups in total. The van der Waals surface area contributed by atoms with Crippen molar-refractivity contribution < 1.29 is 37.0 Å². The Bertz CT molecular complexity index is 1140. The maximum Gasteiger partial charge on any atom is 0.348 e. The molecule has 10 nitrogen and oxygen atoms in total. The molecule has 0 saturated carbocycles. The Morgan fingerprint density at radius 3 is 2.24 bits per heavy atom. The van der Waals surface area contributed by atoms with Crippen LogP contribution in [0.2, 0.25) is 0 Å². The Morgan fingerprint density at radius 2 is 1.67 bits per heavy atom. The average molecular weight is 497 g/mol. The predicted molar refractivity (Wildman–Crippen MR) is 119 cm³/mol. The molecule has 1 aliphatic heterocycles. The summed E-state index contributed by atoms with van der Waals surface area (Å²) in [6, 6.07) is 8.10. The van der Waals surface area contributed by atoms with Crippen molar-refractivity contribution in [1.29, 1.82) is 0 Å². The molecule has 0 spiro atoms. The van der Waals surface area contributed by atoms with Gasteiger partial charge in [-0.25, -0.2) is 18.0 Å². The molecule has 12 heteroatoms. The second-order valence-electron chi connectivity index (χ2n) is 7.23. The van der Waals surface area contributed by atoms with E-state index in [0.29, 0.717) is 0 Å². The van der Waals surface area contributed by atoms with Crippen LogP contribution in [-0.4, -0.2) is 57.9 Å². The minimum atomic E-state index is -3.63. The molecule has 1 aromatic carbocycles. The van der Waals surface area contributed by atoms with Crippen LogP contribution >= 0.6 is 11.3 Å². The maximum absolute atomic E-state index is 12.7. The SMILES string of the molecule is COC(=O)c1sc(N)c(C(=O)OC)c1COC(=O)C1CCN(S(=O)(=O)c2ccccc2)CC1. The van der Waals surface area contributed by atoms with Crippen LogP contribution in [0.5, 0.6) is 0 Å². The number of nitrogen functional groups attached to an aromatic ring is 1. The number of esters is 3. The molecule has 1 aliphatic rings. The second-order valence-corrected chi connectivity index (χ2v) is 10.2. The van der Waals surface area contributed by atoms with E-state index in [1.165, 1.54) is 30.7 Å². The van der Waals surface area contributed by atoms with Gasteiger partial charge in [-0.2, -0.15) is 4.31 Å². The summed E-state index contributed by atoms with van der Waals surface area (Å²) >= 11 is 0.843. The van der Waals surface area contributed by atoms with Gasteiger partial charge in [0.25, 0.3) is 0 Å². The Kier molecular flexibility index (Phi) is 7.72. The highest BCUT2D eigenvalue weighted by Gasteiger charge is 2.34. The zero-order chi connectivity index (χ0) is 24.2. The van der Waals surface area contributed by atoms with Crippen LogP contribution in [-0.2, 0) is 35.6 Å². The molecular formula is C21H24N2O8S2. The minimum Gasteiger partial charge on any atom is -0.465 e. The molecule has 0 amide bonds. The number of rotatable bonds is 7. The number of carbonyl (C=O) groups excluding carboxylic acids is 3. The van der Waals surface area contributed by atoms with E-state index < -0.39 is 33.8 Å². The number of carbonyl (C=O) groups is 3. The Hall–Kier alpha value is -2.96. The van der Waals surface area contributed by atoms with Crippen molar-refractivity contribution in [2.24, 2.45) is 5.92 Å². The molecule has 3 rings (SSSR count). The number of benzene rings is 1. The Morgan fingerprint density at radius 1 is 1.06 bits per heavy atom. The number of anilines is 1. The van der Waals surface area contributed by atoms with Crippen molar-refractivity contribution in [2.75, 3.05) is 33.0 Å². The molecule has 178 valence electrons. The van der Waals surface area contributed by atoms with Crippen molar-refractivity contribution in [3.05, 3.63) is 46.3 Å². The number of sulfonamides is 1. The lowest BCUT2D eigenvalue weighted by Crippen LogP contribution is -2.40. The number of thiophene rings is 1. The van der Waals surface area contributed by atoms with Crippen LogP contribution in [0, 0.1) is 5.92 Å². The fourth-order valence-corrected chi connectivity index (χ4v) is 6.01. The molecular weight excluding hydrogens is 472 g/mol. The van der Waals surface area contributed by atoms with Crippen molar-refractivity contribution in [3.8, 4) is 0 Å². The monoisotopic (exact) mass is 496 g/mol. The standard InChI is InChI=1S/C21H24N2O8S2/c1-29-20(25)16-15(17(21(26)30-2)32-18(16)22)12-31-19(24)13-8-10-23(11-9-13)33(27,28)14-6-4-3-5-7-14/h3-7,13H,8-12,22H2,1-2H3. The first-order valence-corrected chi connectivity index (χ1v) is 12.3. The highest BCUT2D eigenvalue weighted by molar-refractivity contribution is 7.89. The summed E-state index contributed by atoms with van der Waals surface area (Å²) in [4.78, 5) is 37.1. The summed E-state index contributed by atoms with van der Waals surface area (Å²) in [5, 5.41) is 0.0488. The minimum absolute atomic E-state index is 0.0422. The lowest BCUT2D eigenvalue weighted by Gasteiger charge is -2.30. The molecule has 1 aromatic heterocycles. The van der Waals surface area contributed by atoms with Gasteiger partial charge in [0.15, 0.2) is 0 Å². The van der Waals surface area contributed by atoms with E-state index in [-0.39, 0.29) is 58.4 Å². The number of hydrogen-bond acceptors (Lipinski definition) is 10. The van der Waals surface area contributed by atoms with E-state index in [4.69, 9.17) is 19.9 Å². The molecule has 0 aliphatic carbocycles. The van der Waals surface area contributed by atoms with Gasteiger partial charge in [-0.1, -0.05) is 18.2 Å². The van der Waals surface area contributed by atoms with E-state index >= 15 is 0 Å². The van der Waals surface area contributed by atoms with Gasteiger partial charge < -0.3 is 19.9 Å². The third kappa shape index (κ3) is 5.18. The van der Waals surface area contributed by atoms with Crippen LogP contribution in [0.1, 0.15) is 38.4 Å². The zero-order valence-electron chi connectivity index (χ0n) is 18.1. The largest absolute Gasteiger partial charge is 0.465 e. The summed E-state index contributed by atoms with van der Waals surface area (Å²) in [5.41, 5.74) is 5.95. The first-order valence-electron chi connectivity index (χ1n) is 10.00. The summed E-state index contributed by atoms with van der Waals surface area (Å²) in [7, 11) is -1.28. The molecule has 2 heterocycles. The molecule has 1 saturated heterocycles. The van der Waals surface area contributed by atoms with Gasteiger partial charge in [-0.15, -0.1) is 11.3 Å². The van der Waals surface area contributed by atoms with Gasteiger partial charge in [0.05, 0.1) is 25.0 Å². The number of ether oxygens (including phenoxy) is 3. The highest BCUT2D eigenvalue weighted by Crippen LogP contribution is 2.33. The number of piperidine rings is 1. The van der Waals surface area contributed by atoms with E-state index in [9.17, 15) is 22.8 Å². The Labute approximate surface area is 195 Å². The predicted octanol–water partition coefficient (Wildman–Crippen LogP) is 2.05. The van der Waals surface area contributed by atoms with E-state index in [1.807, 2.05) is 0 Å². The van der Waals surface area contributed by atoms with Gasteiger partial charge in [0.1, 0.15) is 22.0 Å². The van der Waals surface area contributed by atoms with E-state index in [1.54, 1.807) is 18.2 Å². The third-order valence-electron chi connectivity index (χ3n) is 5.32. The van der Waals surface area contributed by atoms with Crippen LogP contribution in [0.15, 0.2) is 35.2 Å². The van der Waals surface area contributed by atoms with E-state index in [2.05, 4.69) is 0 Å². The van der Waals surface area contributed by atoms with Gasteiger partial charge in [-0.3, -0.25) is 4.79 Å². The quantitative estimate of drug-likeness (QED) is 0.450. The van der Waals surface area contributed by atoms with Crippen LogP contribution in [0.3, 0.4) is 0 Å². The fraction of sp³-hybridized carbons (Fsp3) is 0.381. The molecule has 0 radical (unpaired) electrons. The highest BCUT2D eigenvalue weighted by atomic mass is 32.2. The lowest BCUT2D eigenvalue weighted by atomic mass is 9.98. The van der Waals surface area contributed by atoms with Crippen LogP contribution in [0.25, 0.3) is 0 Å². The second kappa shape index (κ2) is 10.3. The van der Waals surface area contributed by atoms with Crippen LogP contribution in [0.4, 0.5) is 5.00 Å². The molecule has 33 heavy (non-hydrogen) atoms. The normalized spacial score (nSPS) is 15.1. The van der Waals surface area contributed by atoms with E-state index in [0.717, 1.165) is 11.3 Å². The fourth-order valence-electron chi connectivity index (χ4n) is 3.54. The first-order chi connectivity index (χ1) is 15.7. The van der Waals surface area contributed by atoms with Gasteiger partial charge in [0, 0.05) is 18.7 Å². The molecule has 0 unspecified atom stereocenters. The van der Waals surface area contributed by atoms with Gasteiger partial charge >= 0.3 is 17.9 Å².